The van der Waals surface area contributed by atoms with E-state index < -0.39 is 0 Å². The summed E-state index contributed by atoms with van der Waals surface area (Å²) in [6.07, 6.45) is 2.45. The van der Waals surface area contributed by atoms with Crippen LogP contribution in [0.1, 0.15) is 33.6 Å². The van der Waals surface area contributed by atoms with Crippen molar-refractivity contribution in [3.8, 4) is 0 Å². The van der Waals surface area contributed by atoms with Gasteiger partial charge in [-0.2, -0.15) is 0 Å². The van der Waals surface area contributed by atoms with Gasteiger partial charge in [-0.25, -0.2) is 4.99 Å². The summed E-state index contributed by atoms with van der Waals surface area (Å²) in [5.41, 5.74) is 1.06. The molecule has 1 aliphatic heterocycles. The Morgan fingerprint density at radius 2 is 2.09 bits per heavy atom. The van der Waals surface area contributed by atoms with Crippen molar-refractivity contribution in [2.75, 3.05) is 40.3 Å². The number of aliphatic imine (C=N–C) groups is 1. The molecule has 0 radical (unpaired) electrons. The third-order valence-electron chi connectivity index (χ3n) is 3.80. The Morgan fingerprint density at radius 3 is 2.61 bits per heavy atom. The van der Waals surface area contributed by atoms with Crippen LogP contribution in [-0.4, -0.2) is 61.9 Å². The number of carbonyl (C=O) groups is 1. The summed E-state index contributed by atoms with van der Waals surface area (Å²) in [5, 5.41) is 3.33. The molecule has 1 rings (SSSR count). The lowest BCUT2D eigenvalue weighted by Gasteiger charge is -2.23. The van der Waals surface area contributed by atoms with Crippen LogP contribution >= 0.6 is 24.0 Å². The summed E-state index contributed by atoms with van der Waals surface area (Å²) in [7, 11) is 3.51. The molecule has 1 fully saturated rings. The molecule has 0 aromatic heterocycles. The molecule has 0 aromatic rings. The Morgan fingerprint density at radius 1 is 1.43 bits per heavy atom. The molecule has 6 heteroatoms. The van der Waals surface area contributed by atoms with Gasteiger partial charge >= 0.3 is 0 Å². The number of halogens is 1. The van der Waals surface area contributed by atoms with Crippen molar-refractivity contribution in [3.63, 3.8) is 0 Å². The van der Waals surface area contributed by atoms with E-state index in [9.17, 15) is 4.79 Å². The molecule has 134 valence electrons. The number of hydrogen-bond acceptors (Lipinski definition) is 2. The zero-order valence-electron chi connectivity index (χ0n) is 15.3. The molecule has 1 saturated heterocycles. The van der Waals surface area contributed by atoms with Gasteiger partial charge in [-0.1, -0.05) is 26.0 Å². The molecule has 1 amide bonds. The van der Waals surface area contributed by atoms with Crippen LogP contribution < -0.4 is 5.32 Å². The van der Waals surface area contributed by atoms with Crippen LogP contribution in [0.3, 0.4) is 0 Å². The van der Waals surface area contributed by atoms with Crippen LogP contribution in [-0.2, 0) is 4.79 Å². The lowest BCUT2D eigenvalue weighted by atomic mass is 9.97. The van der Waals surface area contributed by atoms with Gasteiger partial charge in [0.25, 0.3) is 0 Å². The van der Waals surface area contributed by atoms with Crippen molar-refractivity contribution in [2.24, 2.45) is 16.8 Å². The highest BCUT2D eigenvalue weighted by Gasteiger charge is 2.25. The van der Waals surface area contributed by atoms with Crippen LogP contribution in [0.2, 0.25) is 0 Å². The number of likely N-dealkylation sites (N-methyl/N-ethyl adjacent to an activating group) is 1. The second kappa shape index (κ2) is 10.9. The minimum atomic E-state index is 0. The molecule has 0 saturated carbocycles. The second-order valence-electron chi connectivity index (χ2n) is 6.97. The Labute approximate surface area is 158 Å². The minimum absolute atomic E-state index is 0. The summed E-state index contributed by atoms with van der Waals surface area (Å²) in [6.45, 7) is 13.4. The van der Waals surface area contributed by atoms with E-state index in [1.807, 2.05) is 6.92 Å². The predicted molar refractivity (Wildman–Crippen MR) is 108 cm³/mol. The third-order valence-corrected chi connectivity index (χ3v) is 3.80. The van der Waals surface area contributed by atoms with Gasteiger partial charge < -0.3 is 15.1 Å². The number of amides is 1. The van der Waals surface area contributed by atoms with E-state index in [1.165, 1.54) is 12.8 Å². The maximum absolute atomic E-state index is 11.8. The Hall–Kier alpha value is -0.790. The van der Waals surface area contributed by atoms with Crippen molar-refractivity contribution < 1.29 is 4.79 Å². The SMILES string of the molecule is C=C(C)CNC(=NCC(=O)N(C)C)N1CCC(CC(C)C)C1.I. The summed E-state index contributed by atoms with van der Waals surface area (Å²) in [5.74, 6) is 2.31. The standard InChI is InChI=1S/C17H32N4O.HI/c1-13(2)9-15-7-8-21(12-15)17(18-10-14(3)4)19-11-16(22)20(5)6;/h13,15H,3,7-12H2,1-2,4-6H3,(H,18,19);1H. The molecule has 1 unspecified atom stereocenters. The molecular formula is C17H33IN4O. The highest BCUT2D eigenvalue weighted by Crippen LogP contribution is 2.23. The molecule has 1 aliphatic rings. The van der Waals surface area contributed by atoms with Crippen LogP contribution in [0.4, 0.5) is 0 Å². The lowest BCUT2D eigenvalue weighted by molar-refractivity contribution is -0.127. The van der Waals surface area contributed by atoms with E-state index in [-0.39, 0.29) is 36.4 Å². The molecule has 0 bridgehead atoms. The molecule has 23 heavy (non-hydrogen) atoms. The van der Waals surface area contributed by atoms with E-state index in [4.69, 9.17) is 0 Å². The number of rotatable bonds is 6. The quantitative estimate of drug-likeness (QED) is 0.302. The molecule has 0 aliphatic carbocycles. The number of hydrogen-bond donors (Lipinski definition) is 1. The fraction of sp³-hybridized carbons (Fsp3) is 0.765. The van der Waals surface area contributed by atoms with Crippen LogP contribution in [0.15, 0.2) is 17.1 Å². The summed E-state index contributed by atoms with van der Waals surface area (Å²) in [4.78, 5) is 20.1. The molecular weight excluding hydrogens is 403 g/mol. The van der Waals surface area contributed by atoms with Gasteiger partial charge in [0, 0.05) is 33.7 Å². The largest absolute Gasteiger partial charge is 0.353 e. The van der Waals surface area contributed by atoms with Crippen molar-refractivity contribution in [1.29, 1.82) is 0 Å². The van der Waals surface area contributed by atoms with Crippen molar-refractivity contribution >= 4 is 35.8 Å². The van der Waals surface area contributed by atoms with E-state index in [1.54, 1.807) is 19.0 Å². The van der Waals surface area contributed by atoms with Crippen LogP contribution in [0.25, 0.3) is 0 Å². The van der Waals surface area contributed by atoms with E-state index in [2.05, 4.69) is 35.6 Å². The molecule has 0 aromatic carbocycles. The highest BCUT2D eigenvalue weighted by atomic mass is 127. The zero-order valence-corrected chi connectivity index (χ0v) is 17.6. The summed E-state index contributed by atoms with van der Waals surface area (Å²) >= 11 is 0. The Balaban J connectivity index is 0.00000484. The molecule has 5 nitrogen and oxygen atoms in total. The minimum Gasteiger partial charge on any atom is -0.353 e. The maximum atomic E-state index is 11.8. The first-order valence-electron chi connectivity index (χ1n) is 8.17. The monoisotopic (exact) mass is 436 g/mol. The molecule has 0 spiro atoms. The number of likely N-dealkylation sites (tertiary alicyclic amines) is 1. The fourth-order valence-corrected chi connectivity index (χ4v) is 2.67. The van der Waals surface area contributed by atoms with Gasteiger partial charge in [-0.05, 0) is 31.6 Å². The van der Waals surface area contributed by atoms with Crippen LogP contribution in [0.5, 0.6) is 0 Å². The molecule has 1 N–H and O–H groups in total. The molecule has 1 atom stereocenters. The summed E-state index contributed by atoms with van der Waals surface area (Å²) < 4.78 is 0. The van der Waals surface area contributed by atoms with Crippen molar-refractivity contribution in [1.82, 2.24) is 15.1 Å². The van der Waals surface area contributed by atoms with E-state index >= 15 is 0 Å². The van der Waals surface area contributed by atoms with Crippen molar-refractivity contribution in [2.45, 2.75) is 33.6 Å². The Kier molecular flexibility index (Phi) is 10.5. The van der Waals surface area contributed by atoms with Gasteiger partial charge in [0.05, 0.1) is 0 Å². The number of nitrogens with zero attached hydrogens (tertiary/aromatic N) is 3. The van der Waals surface area contributed by atoms with Crippen molar-refractivity contribution in [3.05, 3.63) is 12.2 Å². The number of guanidine groups is 1. The summed E-state index contributed by atoms with van der Waals surface area (Å²) in [6, 6.07) is 0. The van der Waals surface area contributed by atoms with E-state index in [0.717, 1.165) is 36.5 Å². The maximum Gasteiger partial charge on any atom is 0.243 e. The van der Waals surface area contributed by atoms with Gasteiger partial charge in [-0.15, -0.1) is 24.0 Å². The number of carbonyl (C=O) groups excluding carboxylic acids is 1. The first-order chi connectivity index (χ1) is 10.3. The lowest BCUT2D eigenvalue weighted by Crippen LogP contribution is -2.41. The molecule has 1 heterocycles. The van der Waals surface area contributed by atoms with Gasteiger partial charge in [0.2, 0.25) is 5.91 Å². The zero-order chi connectivity index (χ0) is 16.7. The average Bonchev–Trinajstić information content (AvgIpc) is 2.85. The first kappa shape index (κ1) is 22.2. The van der Waals surface area contributed by atoms with Gasteiger partial charge in [-0.3, -0.25) is 4.79 Å². The topological polar surface area (TPSA) is 47.9 Å². The first-order valence-corrected chi connectivity index (χ1v) is 8.17. The average molecular weight is 436 g/mol. The predicted octanol–water partition coefficient (Wildman–Crippen LogP) is 2.58. The normalized spacial score (nSPS) is 17.9. The smallest absolute Gasteiger partial charge is 0.243 e. The second-order valence-corrected chi connectivity index (χ2v) is 6.97. The fourth-order valence-electron chi connectivity index (χ4n) is 2.67. The number of nitrogens with one attached hydrogen (secondary N) is 1. The Bertz CT molecular complexity index is 421. The van der Waals surface area contributed by atoms with Crippen LogP contribution in [0, 0.1) is 11.8 Å². The van der Waals surface area contributed by atoms with Gasteiger partial charge in [0.15, 0.2) is 5.96 Å². The third kappa shape index (κ3) is 8.58. The van der Waals surface area contributed by atoms with E-state index in [0.29, 0.717) is 6.54 Å². The highest BCUT2D eigenvalue weighted by molar-refractivity contribution is 14.0. The van der Waals surface area contributed by atoms with Gasteiger partial charge in [0.1, 0.15) is 6.54 Å².